The number of aromatic nitrogens is 3. The van der Waals surface area contributed by atoms with E-state index < -0.39 is 9.84 Å². The lowest BCUT2D eigenvalue weighted by Gasteiger charge is -2.05. The van der Waals surface area contributed by atoms with Crippen molar-refractivity contribution in [1.29, 1.82) is 0 Å². The van der Waals surface area contributed by atoms with Crippen molar-refractivity contribution in [3.63, 3.8) is 0 Å². The minimum absolute atomic E-state index is 0.0337. The molecule has 164 valence electrons. The van der Waals surface area contributed by atoms with Crippen LogP contribution in [0.15, 0.2) is 87.7 Å². The quantitative estimate of drug-likeness (QED) is 0.345. The fourth-order valence-corrected chi connectivity index (χ4v) is 5.26. The average molecular weight is 496 g/mol. The van der Waals surface area contributed by atoms with Crippen molar-refractivity contribution in [3.8, 4) is 0 Å². The van der Waals surface area contributed by atoms with E-state index in [4.69, 9.17) is 28.9 Å². The first-order chi connectivity index (χ1) is 15.8. The molecule has 33 heavy (non-hydrogen) atoms. The fourth-order valence-electron chi connectivity index (χ4n) is 3.45. The molecule has 0 amide bonds. The van der Waals surface area contributed by atoms with Gasteiger partial charge in [0.05, 0.1) is 22.1 Å². The lowest BCUT2D eigenvalue weighted by atomic mass is 10.2. The molecule has 0 atom stereocenters. The topological polar surface area (TPSA) is 103 Å². The highest BCUT2D eigenvalue weighted by molar-refractivity contribution is 7.92. The second-order valence-corrected chi connectivity index (χ2v) is 9.93. The van der Waals surface area contributed by atoms with Crippen LogP contribution >= 0.6 is 23.2 Å². The highest BCUT2D eigenvalue weighted by Gasteiger charge is 2.30. The number of nitrogens with zero attached hydrogens (tertiary/aromatic N) is 4. The monoisotopic (exact) mass is 495 g/mol. The fraction of sp³-hybridized carbons (Fsp3) is 0. The Balaban J connectivity index is 1.79. The molecule has 10 heteroatoms. The second kappa shape index (κ2) is 8.15. The molecule has 2 aromatic heterocycles. The Morgan fingerprint density at radius 3 is 2.27 bits per heavy atom. The summed E-state index contributed by atoms with van der Waals surface area (Å²) in [5, 5.41) is 5.37. The minimum atomic E-state index is -4.05. The van der Waals surface area contributed by atoms with Crippen LogP contribution < -0.4 is 5.73 Å². The predicted octanol–water partition coefficient (Wildman–Crippen LogP) is 5.19. The third-order valence-corrected chi connectivity index (χ3v) is 7.31. The van der Waals surface area contributed by atoms with Gasteiger partial charge in [-0.05, 0) is 54.1 Å². The number of nitrogen functional groups attached to an aromatic ring is 1. The Morgan fingerprint density at radius 2 is 1.58 bits per heavy atom. The highest BCUT2D eigenvalue weighted by atomic mass is 35.5. The third kappa shape index (κ3) is 3.82. The maximum absolute atomic E-state index is 13.6. The number of fused-ring (bicyclic) bond motifs is 2. The van der Waals surface area contributed by atoms with Crippen molar-refractivity contribution in [2.24, 2.45) is 5.10 Å². The van der Waals surface area contributed by atoms with Crippen LogP contribution in [0, 0.1) is 0 Å². The van der Waals surface area contributed by atoms with Gasteiger partial charge in [0.25, 0.3) is 0 Å². The van der Waals surface area contributed by atoms with E-state index in [-0.39, 0.29) is 26.8 Å². The summed E-state index contributed by atoms with van der Waals surface area (Å²) in [5.74, 6) is -0.103. The number of rotatable bonds is 4. The molecule has 0 unspecified atom stereocenters. The van der Waals surface area contributed by atoms with Gasteiger partial charge >= 0.3 is 0 Å². The van der Waals surface area contributed by atoms with Gasteiger partial charge in [-0.2, -0.15) is 9.78 Å². The van der Waals surface area contributed by atoms with Crippen molar-refractivity contribution in [3.05, 3.63) is 88.4 Å². The van der Waals surface area contributed by atoms with Crippen molar-refractivity contribution in [1.82, 2.24) is 14.6 Å². The first kappa shape index (κ1) is 21.4. The van der Waals surface area contributed by atoms with Gasteiger partial charge in [0.1, 0.15) is 16.2 Å². The number of sulfone groups is 1. The molecule has 0 saturated carbocycles. The van der Waals surface area contributed by atoms with E-state index in [9.17, 15) is 8.42 Å². The van der Waals surface area contributed by atoms with E-state index in [0.717, 1.165) is 0 Å². The molecule has 5 rings (SSSR count). The largest absolute Gasteiger partial charge is 0.382 e. The van der Waals surface area contributed by atoms with Crippen molar-refractivity contribution < 1.29 is 8.42 Å². The van der Waals surface area contributed by atoms with Gasteiger partial charge in [0, 0.05) is 10.0 Å². The molecule has 0 bridgehead atoms. The second-order valence-electron chi connectivity index (χ2n) is 7.17. The number of anilines is 1. The molecule has 0 spiro atoms. The summed E-state index contributed by atoms with van der Waals surface area (Å²) in [7, 11) is -4.05. The van der Waals surface area contributed by atoms with Crippen LogP contribution in [0.4, 0.5) is 5.82 Å². The first-order valence-electron chi connectivity index (χ1n) is 9.72. The zero-order valence-corrected chi connectivity index (χ0v) is 19.2. The van der Waals surface area contributed by atoms with Crippen LogP contribution in [0.2, 0.25) is 10.0 Å². The molecule has 5 aromatic rings. The lowest BCUT2D eigenvalue weighted by Crippen LogP contribution is -2.06. The number of para-hydroxylation sites is 2. The van der Waals surface area contributed by atoms with Crippen molar-refractivity contribution >= 4 is 67.3 Å². The van der Waals surface area contributed by atoms with Crippen LogP contribution in [0.3, 0.4) is 0 Å². The van der Waals surface area contributed by atoms with E-state index >= 15 is 0 Å². The molecule has 0 fully saturated rings. The van der Waals surface area contributed by atoms with Crippen LogP contribution in [0.5, 0.6) is 0 Å². The Morgan fingerprint density at radius 1 is 0.879 bits per heavy atom. The summed E-state index contributed by atoms with van der Waals surface area (Å²) in [6, 6.07) is 20.1. The van der Waals surface area contributed by atoms with Crippen LogP contribution in [-0.2, 0) is 9.84 Å². The summed E-state index contributed by atoms with van der Waals surface area (Å²) < 4.78 is 28.4. The van der Waals surface area contributed by atoms with Gasteiger partial charge < -0.3 is 5.73 Å². The summed E-state index contributed by atoms with van der Waals surface area (Å²) in [6.45, 7) is 0. The summed E-state index contributed by atoms with van der Waals surface area (Å²) in [6.07, 6.45) is 1.53. The van der Waals surface area contributed by atoms with Crippen LogP contribution in [0.25, 0.3) is 22.2 Å². The molecule has 0 saturated heterocycles. The van der Waals surface area contributed by atoms with E-state index in [1.165, 1.54) is 35.2 Å². The summed E-state index contributed by atoms with van der Waals surface area (Å²) >= 11 is 12.0. The molecule has 2 heterocycles. The van der Waals surface area contributed by atoms with E-state index in [0.29, 0.717) is 26.6 Å². The van der Waals surface area contributed by atoms with E-state index in [1.54, 1.807) is 36.4 Å². The highest BCUT2D eigenvalue weighted by Crippen LogP contribution is 2.35. The standard InChI is InChI=1S/C23H15Cl2N5O2S/c24-15-8-10-17(11-9-15)33(31,32)21-20-23(29-19-7-2-1-6-18(19)28-20)30(22(21)26)27-13-14-4-3-5-16(25)12-14/h1-13H,26H2/b27-13+. The van der Waals surface area contributed by atoms with Crippen molar-refractivity contribution in [2.75, 3.05) is 5.73 Å². The Kier molecular flexibility index (Phi) is 5.28. The number of halogens is 2. The summed E-state index contributed by atoms with van der Waals surface area (Å²) in [5.41, 5.74) is 8.54. The molecular formula is C23H15Cl2N5O2S. The normalized spacial score (nSPS) is 12.2. The van der Waals surface area contributed by atoms with E-state index in [1.807, 2.05) is 12.1 Å². The van der Waals surface area contributed by atoms with Gasteiger partial charge in [0.2, 0.25) is 9.84 Å². The van der Waals surface area contributed by atoms with Gasteiger partial charge in [-0.25, -0.2) is 18.4 Å². The smallest absolute Gasteiger partial charge is 0.212 e. The van der Waals surface area contributed by atoms with Crippen molar-refractivity contribution in [2.45, 2.75) is 9.79 Å². The lowest BCUT2D eigenvalue weighted by molar-refractivity contribution is 0.597. The zero-order chi connectivity index (χ0) is 23.2. The first-order valence-corrected chi connectivity index (χ1v) is 12.0. The maximum atomic E-state index is 13.6. The molecule has 7 nitrogen and oxygen atoms in total. The molecule has 2 N–H and O–H groups in total. The van der Waals surface area contributed by atoms with Crippen LogP contribution in [0.1, 0.15) is 5.56 Å². The number of hydrogen-bond donors (Lipinski definition) is 1. The molecule has 3 aromatic carbocycles. The van der Waals surface area contributed by atoms with Gasteiger partial charge in [-0.1, -0.05) is 47.5 Å². The minimum Gasteiger partial charge on any atom is -0.382 e. The molecule has 0 radical (unpaired) electrons. The molecular weight excluding hydrogens is 481 g/mol. The van der Waals surface area contributed by atoms with Gasteiger partial charge in [-0.15, -0.1) is 0 Å². The molecule has 0 aliphatic carbocycles. The number of nitrogens with two attached hydrogens (primary N) is 1. The average Bonchev–Trinajstić information content (AvgIpc) is 3.07. The Bertz CT molecular complexity index is 1660. The third-order valence-electron chi connectivity index (χ3n) is 4.99. The number of benzene rings is 3. The molecule has 0 aliphatic heterocycles. The van der Waals surface area contributed by atoms with Gasteiger partial charge in [-0.3, -0.25) is 0 Å². The predicted molar refractivity (Wildman–Crippen MR) is 131 cm³/mol. The SMILES string of the molecule is Nc1c(S(=O)(=O)c2ccc(Cl)cc2)c2nc3ccccc3nc2n1/N=C/c1cccc(Cl)c1. The zero-order valence-electron chi connectivity index (χ0n) is 16.9. The molecule has 0 aliphatic rings. The van der Waals surface area contributed by atoms with Gasteiger partial charge in [0.15, 0.2) is 5.65 Å². The van der Waals surface area contributed by atoms with E-state index in [2.05, 4.69) is 15.1 Å². The maximum Gasteiger partial charge on any atom is 0.212 e. The Hall–Kier alpha value is -3.46. The van der Waals surface area contributed by atoms with Crippen LogP contribution in [-0.4, -0.2) is 29.3 Å². The Labute approximate surface area is 199 Å². The summed E-state index contributed by atoms with van der Waals surface area (Å²) in [4.78, 5) is 9.05. The number of hydrogen-bond acceptors (Lipinski definition) is 6.